The smallest absolute Gasteiger partial charge is 0.315 e. The number of unbranched alkanes of at least 4 members (excludes halogenated alkanes) is 4. The quantitative estimate of drug-likeness (QED) is 0.00368. The van der Waals surface area contributed by atoms with Gasteiger partial charge in [0, 0.05) is 104 Å². The maximum atomic E-state index is 14.7. The Bertz CT molecular complexity index is 5600. The van der Waals surface area contributed by atoms with Gasteiger partial charge in [-0.05, 0) is 221 Å². The molecule has 0 bridgehead atoms. The van der Waals surface area contributed by atoms with Crippen LogP contribution < -0.4 is 20.3 Å². The second kappa shape index (κ2) is 58.0. The Balaban J connectivity index is 0.000000321. The molecular weight excluding hydrogens is 2000 g/mol. The van der Waals surface area contributed by atoms with E-state index in [4.69, 9.17) is 129 Å². The molecule has 0 saturated carbocycles. The van der Waals surface area contributed by atoms with Gasteiger partial charge in [0.25, 0.3) is 0 Å². The van der Waals surface area contributed by atoms with Crippen molar-refractivity contribution in [3.8, 4) is 11.5 Å². The predicted octanol–water partition coefficient (Wildman–Crippen LogP) is 29.5. The Kier molecular flexibility index (Phi) is 50.1. The SMILES string of the molecule is C=C(C)C1CCC(C)=CC1c1c(C)cc(CCCCC)cc1CC(=O)N(c1ccccc1CC(=O)O)c1c(Cl)cccc1Cl.C=C(C)C1CCC(C)=CC1c1c(O)cc(CCCCC)cc1OC(=O)Cc1ccccc1Nc1c(Cl)cccc1Cl.O=C(O)Cc1ccccc1Nc1c(Cl)cccc1Cl.O=C(O)Cc1ccccc1[N-]c1c(Cl)cccc1Cl.[B]C(=N)O.[B]C(=N)O.[Y].[Y]. The first kappa shape index (κ1) is 115. The number of carbonyl (C=O) groups excluding carboxylic acids is 2. The Morgan fingerprint density at radius 2 is 0.857 bits per heavy atom. The zero-order chi connectivity index (χ0) is 96.3. The van der Waals surface area contributed by atoms with Crippen LogP contribution in [-0.2, 0) is 134 Å². The van der Waals surface area contributed by atoms with Crippen LogP contribution in [0.1, 0.15) is 173 Å². The van der Waals surface area contributed by atoms with Crippen molar-refractivity contribution in [1.29, 1.82) is 10.8 Å². The number of carboxylic acid groups (broad SMARTS) is 3. The van der Waals surface area contributed by atoms with Gasteiger partial charge in [0.05, 0.1) is 85.0 Å². The number of phenols is 1. The molecule has 2 aliphatic rings. The second-order valence-corrected chi connectivity index (χ2v) is 35.1. The predicted molar refractivity (Wildman–Crippen MR) is 541 cm³/mol. The molecule has 1 amide bonds. The minimum Gasteiger partial charge on any atom is -0.655 e. The summed E-state index contributed by atoms with van der Waals surface area (Å²) in [5.74, 6) is -4.09. The number of aryl methyl sites for hydroxylation is 3. The average Bonchev–Trinajstić information content (AvgIpc) is 0.768. The number of ether oxygens (including phenoxy) is 1. The maximum absolute atomic E-state index is 14.7. The number of amides is 1. The molecule has 690 valence electrons. The summed E-state index contributed by atoms with van der Waals surface area (Å²) < 4.78 is 6.11. The number of esters is 1. The third-order valence-electron chi connectivity index (χ3n) is 21.5. The zero-order valence-electron chi connectivity index (χ0n) is 75.2. The fraction of sp³-hybridized carbons (Fsp3) is 0.272. The van der Waals surface area contributed by atoms with Gasteiger partial charge >= 0.3 is 23.9 Å². The number of aromatic hydroxyl groups is 1. The summed E-state index contributed by atoms with van der Waals surface area (Å²) >= 11 is 50.4. The molecule has 6 radical (unpaired) electrons. The van der Waals surface area contributed by atoms with Crippen molar-refractivity contribution in [2.24, 2.45) is 11.8 Å². The number of rotatable bonds is 31. The number of hydrogen-bond donors (Lipinski definition) is 10. The number of carbonyl (C=O) groups is 5. The van der Waals surface area contributed by atoms with E-state index < -0.39 is 35.5 Å². The number of hydrogen-bond acceptors (Lipinski definition) is 11. The molecule has 18 nitrogen and oxygen atoms in total. The number of allylic oxidation sites excluding steroid dienone is 6. The molecule has 133 heavy (non-hydrogen) atoms. The number of benzene rings is 10. The Morgan fingerprint density at radius 3 is 1.31 bits per heavy atom. The van der Waals surface area contributed by atoms with Gasteiger partial charge in [-0.1, -0.05) is 306 Å². The summed E-state index contributed by atoms with van der Waals surface area (Å²) in [7, 11) is 8.50. The molecule has 4 atom stereocenters. The van der Waals surface area contributed by atoms with E-state index in [0.717, 1.165) is 105 Å². The van der Waals surface area contributed by atoms with Gasteiger partial charge < -0.3 is 51.3 Å². The maximum Gasteiger partial charge on any atom is 0.315 e. The van der Waals surface area contributed by atoms with E-state index in [1.807, 2.05) is 49.4 Å². The molecule has 0 fully saturated rings. The van der Waals surface area contributed by atoms with E-state index in [0.29, 0.717) is 114 Å². The Hall–Kier alpha value is -8.69. The van der Waals surface area contributed by atoms with Crippen LogP contribution in [0.4, 0.5) is 45.5 Å². The first-order chi connectivity index (χ1) is 62.3. The number of nitrogens with zero attached hydrogens (tertiary/aromatic N) is 2. The minimum absolute atomic E-state index is 0. The number of aliphatic hydroxyl groups excluding tert-OH is 2. The van der Waals surface area contributed by atoms with Crippen molar-refractivity contribution < 1.29 is 125 Å². The number of carboxylic acids is 3. The number of halogens is 8. The van der Waals surface area contributed by atoms with Crippen LogP contribution in [0.3, 0.4) is 0 Å². The molecule has 0 aromatic heterocycles. The standard InChI is InChI=1S/C38H43Cl2NO3.C35H39Cl2NO3.C14H11Cl2NO2.C14H10Cl2NO2.2CH2BNO.2Y/c1-6-7-8-12-27-20-26(5)37(31-19-25(4)17-18-30(31)24(2)3)29(21-27)22-35(42)41(38-32(39)14-11-15-33(38)40)34-16-10-9-13-28(34)23-36(43)44;1-5-6-7-11-24-19-31(39)34(27-18-23(4)16-17-26(27)22(2)3)32(20-24)41-33(40)21-25-12-8-9-15-30(25)38-35-28(36)13-10-14-29(35)37;2*15-10-5-3-6-11(16)14(10)17-12-7-2-1-4-9(12)8-13(18)19;2*2-1(3)4;;/h9-11,13-16,19-21,30-31H,2,6-8,12,17-18,22-23H2,1,3-5H3,(H,43,44);8-10,12-15,18-20,26-27,38-39H,2,5-7,11,16-17,21H2,1,3-4H3;1-7,17H,8H2,(H,18,19);1-7H,8H2,(H,18,19);2*(H2,3,4);;/q;;;-1;;;;. The summed E-state index contributed by atoms with van der Waals surface area (Å²) in [4.78, 5) is 63.2. The Labute approximate surface area is 873 Å². The van der Waals surface area contributed by atoms with Gasteiger partial charge in [0.15, 0.2) is 15.7 Å². The molecule has 0 aliphatic heterocycles. The third-order valence-corrected chi connectivity index (χ3v) is 24.0. The molecule has 2 aliphatic carbocycles. The summed E-state index contributed by atoms with van der Waals surface area (Å²) in [6.07, 6.45) is 16.6. The topological polar surface area (TPSA) is 305 Å². The van der Waals surface area contributed by atoms with Gasteiger partial charge in [0.2, 0.25) is 5.91 Å². The number of phenolic OH excluding ortho intramolecular Hbond substituents is 1. The van der Waals surface area contributed by atoms with Crippen molar-refractivity contribution in [2.75, 3.05) is 15.5 Å². The van der Waals surface area contributed by atoms with Crippen molar-refractivity contribution in [3.63, 3.8) is 0 Å². The van der Waals surface area contributed by atoms with Gasteiger partial charge in [-0.3, -0.25) is 39.7 Å². The molecule has 10 aromatic rings. The number of anilines is 6. The van der Waals surface area contributed by atoms with Gasteiger partial charge in [-0.15, -0.1) is 5.69 Å². The van der Waals surface area contributed by atoms with Crippen LogP contribution in [0.25, 0.3) is 5.32 Å². The van der Waals surface area contributed by atoms with Crippen LogP contribution >= 0.6 is 92.8 Å². The van der Waals surface area contributed by atoms with E-state index in [-0.39, 0.29) is 133 Å². The number of aliphatic carboxylic acids is 3. The summed E-state index contributed by atoms with van der Waals surface area (Å²) in [5.41, 5.74) is 17.9. The Morgan fingerprint density at radius 1 is 0.474 bits per heavy atom. The second-order valence-electron chi connectivity index (χ2n) is 31.8. The molecule has 0 heterocycles. The molecule has 30 heteroatoms. The summed E-state index contributed by atoms with van der Waals surface area (Å²) in [6, 6.07) is 57.7. The average molecular weight is 2100 g/mol. The summed E-state index contributed by atoms with van der Waals surface area (Å²) in [5, 5.41) is 79.4. The van der Waals surface area contributed by atoms with Crippen LogP contribution in [0.2, 0.25) is 40.2 Å². The van der Waals surface area contributed by atoms with E-state index in [1.54, 1.807) is 140 Å². The first-order valence-corrected chi connectivity index (χ1v) is 45.5. The van der Waals surface area contributed by atoms with E-state index in [1.165, 1.54) is 32.7 Å². The molecular formula is C103H107B2Cl8N6O12Y2-. The monoisotopic (exact) mass is 2100 g/mol. The normalized spacial score (nSPS) is 13.8. The summed E-state index contributed by atoms with van der Waals surface area (Å²) in [6.45, 7) is 23.5. The van der Waals surface area contributed by atoms with E-state index >= 15 is 0 Å². The molecule has 10 N–H and O–H groups in total. The fourth-order valence-corrected chi connectivity index (χ4v) is 17.5. The first-order valence-electron chi connectivity index (χ1n) is 42.5. The van der Waals surface area contributed by atoms with Gasteiger partial charge in [-0.25, -0.2) is 0 Å². The molecule has 4 unspecified atom stereocenters. The minimum atomic E-state index is -0.988. The molecule has 0 spiro atoms. The van der Waals surface area contributed by atoms with Crippen LogP contribution in [0, 0.1) is 29.6 Å². The largest absolute Gasteiger partial charge is 0.655 e. The van der Waals surface area contributed by atoms with Gasteiger partial charge in [0.1, 0.15) is 23.1 Å². The van der Waals surface area contributed by atoms with Crippen LogP contribution in [0.5, 0.6) is 11.5 Å². The van der Waals surface area contributed by atoms with Gasteiger partial charge in [-0.2, -0.15) is 0 Å². The van der Waals surface area contributed by atoms with Crippen LogP contribution in [-0.4, -0.2) is 87.7 Å². The number of para-hydroxylation sites is 8. The van der Waals surface area contributed by atoms with Crippen molar-refractivity contribution in [3.05, 3.63) is 343 Å². The van der Waals surface area contributed by atoms with Crippen LogP contribution in [0.15, 0.2) is 242 Å². The fourth-order valence-electron chi connectivity index (χ4n) is 15.5. The molecule has 0 saturated heterocycles. The molecule has 12 rings (SSSR count). The van der Waals surface area contributed by atoms with Crippen molar-refractivity contribution in [2.45, 2.75) is 169 Å². The zero-order valence-corrected chi connectivity index (χ0v) is 87.0. The van der Waals surface area contributed by atoms with Crippen molar-refractivity contribution in [1.82, 2.24) is 0 Å². The van der Waals surface area contributed by atoms with E-state index in [2.05, 4.69) is 111 Å². The third kappa shape index (κ3) is 36.4. The molecule has 10 aromatic carbocycles. The van der Waals surface area contributed by atoms with Crippen molar-refractivity contribution >= 4 is 195 Å². The number of aliphatic hydroxyl groups is 2. The number of nitrogens with one attached hydrogen (secondary N) is 4. The van der Waals surface area contributed by atoms with E-state index in [9.17, 15) is 34.2 Å².